The Morgan fingerprint density at radius 1 is 1.17 bits per heavy atom. The molecule has 0 aromatic heterocycles. The highest BCUT2D eigenvalue weighted by Gasteiger charge is 2.30. The summed E-state index contributed by atoms with van der Waals surface area (Å²) in [6, 6.07) is 0.795. The molecule has 1 saturated heterocycles. The van der Waals surface area contributed by atoms with E-state index < -0.39 is 0 Å². The molecule has 0 aromatic rings. The molecular formula is C11H23N. The smallest absolute Gasteiger partial charge is 0.00641 e. The van der Waals surface area contributed by atoms with Gasteiger partial charge in [0.05, 0.1) is 0 Å². The molecular weight excluding hydrogens is 146 g/mol. The minimum absolute atomic E-state index is 0.494. The summed E-state index contributed by atoms with van der Waals surface area (Å²) < 4.78 is 0. The van der Waals surface area contributed by atoms with Gasteiger partial charge >= 0.3 is 0 Å². The zero-order valence-corrected chi connectivity index (χ0v) is 9.22. The summed E-state index contributed by atoms with van der Waals surface area (Å²) in [5.41, 5.74) is 0.494. The predicted molar refractivity (Wildman–Crippen MR) is 54.3 cm³/mol. The van der Waals surface area contributed by atoms with Gasteiger partial charge in [0.25, 0.3) is 0 Å². The van der Waals surface area contributed by atoms with Crippen LogP contribution in [0, 0.1) is 11.3 Å². The molecule has 72 valence electrons. The summed E-state index contributed by atoms with van der Waals surface area (Å²) >= 11 is 0. The summed E-state index contributed by atoms with van der Waals surface area (Å²) in [6.45, 7) is 10.7. The van der Waals surface area contributed by atoms with E-state index in [2.05, 4.69) is 39.6 Å². The normalized spacial score (nSPS) is 33.8. The van der Waals surface area contributed by atoms with E-state index in [1.54, 1.807) is 0 Å². The predicted octanol–water partition coefficient (Wildman–Crippen LogP) is 2.76. The zero-order chi connectivity index (χ0) is 9.35. The Balaban J connectivity index is 2.51. The van der Waals surface area contributed by atoms with Gasteiger partial charge in [-0.1, -0.05) is 20.8 Å². The first-order valence-corrected chi connectivity index (χ1v) is 5.11. The molecule has 0 bridgehead atoms. The van der Waals surface area contributed by atoms with Crippen LogP contribution in [0.4, 0.5) is 0 Å². The Bertz CT molecular complexity index is 146. The second-order valence-electron chi connectivity index (χ2n) is 5.43. The Labute approximate surface area is 77.1 Å². The highest BCUT2D eigenvalue weighted by atomic mass is 15.1. The lowest BCUT2D eigenvalue weighted by atomic mass is 9.75. The third-order valence-electron chi connectivity index (χ3n) is 3.42. The quantitative estimate of drug-likeness (QED) is 0.539. The van der Waals surface area contributed by atoms with Crippen molar-refractivity contribution in [3.63, 3.8) is 0 Å². The fourth-order valence-corrected chi connectivity index (χ4v) is 1.99. The van der Waals surface area contributed by atoms with Gasteiger partial charge in [-0.05, 0) is 38.1 Å². The van der Waals surface area contributed by atoms with Crippen LogP contribution < -0.4 is 0 Å². The van der Waals surface area contributed by atoms with Crippen molar-refractivity contribution in [3.05, 3.63) is 0 Å². The number of hydrogen-bond acceptors (Lipinski definition) is 1. The van der Waals surface area contributed by atoms with Crippen LogP contribution in [0.25, 0.3) is 0 Å². The highest BCUT2D eigenvalue weighted by Crippen LogP contribution is 2.34. The topological polar surface area (TPSA) is 3.24 Å². The van der Waals surface area contributed by atoms with Gasteiger partial charge in [0.15, 0.2) is 0 Å². The van der Waals surface area contributed by atoms with Crippen molar-refractivity contribution in [3.8, 4) is 0 Å². The van der Waals surface area contributed by atoms with Crippen LogP contribution in [-0.2, 0) is 0 Å². The summed E-state index contributed by atoms with van der Waals surface area (Å²) in [5.74, 6) is 0.888. The molecule has 0 aliphatic carbocycles. The molecule has 0 amide bonds. The molecule has 1 aliphatic heterocycles. The maximum Gasteiger partial charge on any atom is 0.00641 e. The molecule has 1 fully saturated rings. The first-order valence-electron chi connectivity index (χ1n) is 5.11. The summed E-state index contributed by atoms with van der Waals surface area (Å²) in [4.78, 5) is 2.50. The molecule has 2 unspecified atom stereocenters. The number of nitrogens with zero attached hydrogens (tertiary/aromatic N) is 1. The molecule has 1 aliphatic rings. The average Bonchev–Trinajstić information content (AvgIpc) is 1.92. The molecule has 0 saturated carbocycles. The third-order valence-corrected chi connectivity index (χ3v) is 3.42. The van der Waals surface area contributed by atoms with Crippen LogP contribution in [0.2, 0.25) is 0 Å². The lowest BCUT2D eigenvalue weighted by molar-refractivity contribution is 0.0823. The molecule has 0 N–H and O–H groups in total. The maximum atomic E-state index is 2.50. The van der Waals surface area contributed by atoms with Crippen molar-refractivity contribution < 1.29 is 0 Å². The zero-order valence-electron chi connectivity index (χ0n) is 9.22. The van der Waals surface area contributed by atoms with Gasteiger partial charge in [-0.2, -0.15) is 0 Å². The number of hydrogen-bond donors (Lipinski definition) is 0. The number of rotatable bonds is 0. The first-order chi connectivity index (χ1) is 5.41. The molecule has 0 aromatic carbocycles. The van der Waals surface area contributed by atoms with Crippen LogP contribution in [0.3, 0.4) is 0 Å². The monoisotopic (exact) mass is 169 g/mol. The average molecular weight is 169 g/mol. The van der Waals surface area contributed by atoms with Gasteiger partial charge in [-0.15, -0.1) is 0 Å². The van der Waals surface area contributed by atoms with Crippen molar-refractivity contribution in [1.82, 2.24) is 4.90 Å². The van der Waals surface area contributed by atoms with Gasteiger partial charge < -0.3 is 4.90 Å². The van der Waals surface area contributed by atoms with Crippen molar-refractivity contribution in [2.75, 3.05) is 13.6 Å². The van der Waals surface area contributed by atoms with E-state index in [1.165, 1.54) is 19.4 Å². The van der Waals surface area contributed by atoms with E-state index in [0.717, 1.165) is 12.0 Å². The molecule has 1 heteroatoms. The Morgan fingerprint density at radius 2 is 1.75 bits per heavy atom. The minimum Gasteiger partial charge on any atom is -0.303 e. The summed E-state index contributed by atoms with van der Waals surface area (Å²) in [7, 11) is 2.25. The van der Waals surface area contributed by atoms with Crippen molar-refractivity contribution in [2.45, 2.75) is 46.6 Å². The van der Waals surface area contributed by atoms with Gasteiger partial charge in [0.1, 0.15) is 0 Å². The lowest BCUT2D eigenvalue weighted by Crippen LogP contribution is -2.42. The molecule has 1 rings (SSSR count). The van der Waals surface area contributed by atoms with Crippen molar-refractivity contribution >= 4 is 0 Å². The van der Waals surface area contributed by atoms with E-state index >= 15 is 0 Å². The number of likely N-dealkylation sites (tertiary alicyclic amines) is 1. The van der Waals surface area contributed by atoms with Crippen LogP contribution in [0.5, 0.6) is 0 Å². The maximum absolute atomic E-state index is 2.50. The minimum atomic E-state index is 0.494. The highest BCUT2D eigenvalue weighted by molar-refractivity contribution is 4.83. The first kappa shape index (κ1) is 10.0. The van der Waals surface area contributed by atoms with E-state index in [0.29, 0.717) is 5.41 Å². The van der Waals surface area contributed by atoms with E-state index in [9.17, 15) is 0 Å². The van der Waals surface area contributed by atoms with Gasteiger partial charge in [0, 0.05) is 12.6 Å². The molecule has 12 heavy (non-hydrogen) atoms. The number of piperidine rings is 1. The van der Waals surface area contributed by atoms with Crippen LogP contribution in [-0.4, -0.2) is 24.5 Å². The Morgan fingerprint density at radius 3 is 2.17 bits per heavy atom. The van der Waals surface area contributed by atoms with Crippen LogP contribution in [0.15, 0.2) is 0 Å². The lowest BCUT2D eigenvalue weighted by Gasteiger charge is -2.41. The Kier molecular flexibility index (Phi) is 2.82. The SMILES string of the molecule is CC1CCC(C(C)(C)C)CN1C. The van der Waals surface area contributed by atoms with Gasteiger partial charge in [-0.3, -0.25) is 0 Å². The standard InChI is InChI=1S/C11H23N/c1-9-6-7-10(8-12(9)5)11(2,3)4/h9-10H,6-8H2,1-5H3. The van der Waals surface area contributed by atoms with E-state index in [-0.39, 0.29) is 0 Å². The fraction of sp³-hybridized carbons (Fsp3) is 1.00. The van der Waals surface area contributed by atoms with Crippen molar-refractivity contribution in [1.29, 1.82) is 0 Å². The van der Waals surface area contributed by atoms with Crippen LogP contribution >= 0.6 is 0 Å². The van der Waals surface area contributed by atoms with Gasteiger partial charge in [-0.25, -0.2) is 0 Å². The van der Waals surface area contributed by atoms with E-state index in [1.807, 2.05) is 0 Å². The summed E-state index contributed by atoms with van der Waals surface area (Å²) in [6.07, 6.45) is 2.79. The van der Waals surface area contributed by atoms with Crippen LogP contribution in [0.1, 0.15) is 40.5 Å². The van der Waals surface area contributed by atoms with E-state index in [4.69, 9.17) is 0 Å². The molecule has 1 nitrogen and oxygen atoms in total. The third kappa shape index (κ3) is 2.22. The second-order valence-corrected chi connectivity index (χ2v) is 5.43. The Hall–Kier alpha value is -0.0400. The molecule has 0 radical (unpaired) electrons. The van der Waals surface area contributed by atoms with Gasteiger partial charge in [0.2, 0.25) is 0 Å². The second kappa shape index (κ2) is 3.37. The molecule has 0 spiro atoms. The molecule has 1 heterocycles. The molecule has 2 atom stereocenters. The fourth-order valence-electron chi connectivity index (χ4n) is 1.99. The van der Waals surface area contributed by atoms with Crippen molar-refractivity contribution in [2.24, 2.45) is 11.3 Å². The largest absolute Gasteiger partial charge is 0.303 e. The summed E-state index contributed by atoms with van der Waals surface area (Å²) in [5, 5.41) is 0.